The van der Waals surface area contributed by atoms with Crippen LogP contribution in [0.25, 0.3) is 22.3 Å². The highest BCUT2D eigenvalue weighted by Crippen LogP contribution is 2.33. The first kappa shape index (κ1) is 18.1. The average Bonchev–Trinajstić information content (AvgIpc) is 2.69. The van der Waals surface area contributed by atoms with E-state index in [1.54, 1.807) is 12.1 Å². The summed E-state index contributed by atoms with van der Waals surface area (Å²) in [5.41, 5.74) is 4.58. The van der Waals surface area contributed by atoms with E-state index in [9.17, 15) is 5.11 Å². The zero-order valence-corrected chi connectivity index (χ0v) is 15.3. The van der Waals surface area contributed by atoms with Crippen molar-refractivity contribution < 1.29 is 9.84 Å². The number of hydrogen-bond donors (Lipinski definition) is 1. The zero-order valence-electron chi connectivity index (χ0n) is 15.3. The number of ether oxygens (including phenoxy) is 1. The van der Waals surface area contributed by atoms with Crippen LogP contribution in [0.3, 0.4) is 0 Å². The summed E-state index contributed by atoms with van der Waals surface area (Å²) in [7, 11) is 0. The topological polar surface area (TPSA) is 29.5 Å². The maximum Gasteiger partial charge on any atom is 0.119 e. The van der Waals surface area contributed by atoms with Gasteiger partial charge in [-0.15, -0.1) is 0 Å². The first-order valence-corrected chi connectivity index (χ1v) is 9.39. The fourth-order valence-corrected chi connectivity index (χ4v) is 3.08. The highest BCUT2D eigenvalue weighted by atomic mass is 16.5. The molecule has 0 saturated carbocycles. The Hall–Kier alpha value is -2.74. The van der Waals surface area contributed by atoms with Gasteiger partial charge in [0.05, 0.1) is 6.61 Å². The van der Waals surface area contributed by atoms with Crippen molar-refractivity contribution in [3.8, 4) is 33.8 Å². The molecule has 0 bridgehead atoms. The minimum absolute atomic E-state index is 0.284. The monoisotopic (exact) mass is 346 g/mol. The molecule has 3 aromatic carbocycles. The molecule has 0 spiro atoms. The largest absolute Gasteiger partial charge is 0.508 e. The van der Waals surface area contributed by atoms with Crippen molar-refractivity contribution in [1.29, 1.82) is 0 Å². The lowest BCUT2D eigenvalue weighted by molar-refractivity contribution is 0.305. The molecule has 0 aliphatic rings. The normalized spacial score (nSPS) is 10.7. The van der Waals surface area contributed by atoms with Crippen LogP contribution in [-0.4, -0.2) is 11.7 Å². The summed E-state index contributed by atoms with van der Waals surface area (Å²) in [5.74, 6) is 1.21. The van der Waals surface area contributed by atoms with E-state index < -0.39 is 0 Å². The van der Waals surface area contributed by atoms with Gasteiger partial charge < -0.3 is 9.84 Å². The smallest absolute Gasteiger partial charge is 0.119 e. The summed E-state index contributed by atoms with van der Waals surface area (Å²) in [5, 5.41) is 9.53. The van der Waals surface area contributed by atoms with E-state index in [-0.39, 0.29) is 5.75 Å². The third-order valence-electron chi connectivity index (χ3n) is 4.54. The predicted octanol–water partition coefficient (Wildman–Crippen LogP) is 6.69. The molecule has 3 rings (SSSR count). The molecular weight excluding hydrogens is 320 g/mol. The van der Waals surface area contributed by atoms with Crippen molar-refractivity contribution in [2.75, 3.05) is 6.61 Å². The molecule has 0 unspecified atom stereocenters. The van der Waals surface area contributed by atoms with E-state index in [1.807, 2.05) is 30.3 Å². The second-order valence-electron chi connectivity index (χ2n) is 6.53. The van der Waals surface area contributed by atoms with Crippen LogP contribution >= 0.6 is 0 Å². The fourth-order valence-electron chi connectivity index (χ4n) is 3.08. The molecule has 2 nitrogen and oxygen atoms in total. The van der Waals surface area contributed by atoms with Crippen LogP contribution in [0.4, 0.5) is 0 Å². The molecule has 0 aliphatic carbocycles. The van der Waals surface area contributed by atoms with Crippen molar-refractivity contribution >= 4 is 0 Å². The second-order valence-corrected chi connectivity index (χ2v) is 6.53. The van der Waals surface area contributed by atoms with Gasteiger partial charge in [0.2, 0.25) is 0 Å². The van der Waals surface area contributed by atoms with E-state index in [0.717, 1.165) is 35.5 Å². The lowest BCUT2D eigenvalue weighted by atomic mass is 9.94. The summed E-state index contributed by atoms with van der Waals surface area (Å²) in [6.45, 7) is 3.00. The van der Waals surface area contributed by atoms with E-state index in [0.29, 0.717) is 0 Å². The maximum absolute atomic E-state index is 9.53. The molecule has 26 heavy (non-hydrogen) atoms. The van der Waals surface area contributed by atoms with Gasteiger partial charge in [-0.25, -0.2) is 0 Å². The Morgan fingerprint density at radius 3 is 1.85 bits per heavy atom. The Bertz CT molecular complexity index is 804. The van der Waals surface area contributed by atoms with Crippen LogP contribution < -0.4 is 4.74 Å². The van der Waals surface area contributed by atoms with Crippen molar-refractivity contribution in [3.05, 3.63) is 72.8 Å². The minimum Gasteiger partial charge on any atom is -0.508 e. The molecule has 0 aromatic heterocycles. The van der Waals surface area contributed by atoms with E-state index in [4.69, 9.17) is 4.74 Å². The fraction of sp³-hybridized carbons (Fsp3) is 0.250. The number of hydrogen-bond acceptors (Lipinski definition) is 2. The first-order valence-electron chi connectivity index (χ1n) is 9.39. The van der Waals surface area contributed by atoms with Crippen molar-refractivity contribution in [2.45, 2.75) is 32.6 Å². The molecule has 0 amide bonds. The van der Waals surface area contributed by atoms with E-state index >= 15 is 0 Å². The number of aromatic hydroxyl groups is 1. The average molecular weight is 346 g/mol. The van der Waals surface area contributed by atoms with Crippen LogP contribution in [0.15, 0.2) is 72.8 Å². The summed E-state index contributed by atoms with van der Waals surface area (Å²) in [4.78, 5) is 0. The lowest BCUT2D eigenvalue weighted by Crippen LogP contribution is -1.97. The van der Waals surface area contributed by atoms with Gasteiger partial charge in [0.1, 0.15) is 11.5 Å². The Morgan fingerprint density at radius 2 is 1.27 bits per heavy atom. The Morgan fingerprint density at radius 1 is 0.692 bits per heavy atom. The summed E-state index contributed by atoms with van der Waals surface area (Å²) in [6, 6.07) is 24.0. The molecule has 0 saturated heterocycles. The van der Waals surface area contributed by atoms with Crippen molar-refractivity contribution in [1.82, 2.24) is 0 Å². The van der Waals surface area contributed by atoms with Crippen molar-refractivity contribution in [3.63, 3.8) is 0 Å². The second kappa shape index (κ2) is 9.10. The quantitative estimate of drug-likeness (QED) is 0.461. The van der Waals surface area contributed by atoms with Gasteiger partial charge in [0, 0.05) is 0 Å². The van der Waals surface area contributed by atoms with Crippen LogP contribution in [0.5, 0.6) is 11.5 Å². The molecule has 0 atom stereocenters. The van der Waals surface area contributed by atoms with E-state index in [2.05, 4.69) is 37.3 Å². The maximum atomic E-state index is 9.53. The summed E-state index contributed by atoms with van der Waals surface area (Å²) < 4.78 is 5.84. The highest BCUT2D eigenvalue weighted by Gasteiger charge is 2.07. The minimum atomic E-state index is 0.284. The molecule has 0 aliphatic heterocycles. The molecule has 134 valence electrons. The number of phenols is 1. The first-order chi connectivity index (χ1) is 12.8. The number of phenolic OH excluding ortho intramolecular Hbond substituents is 1. The predicted molar refractivity (Wildman–Crippen MR) is 109 cm³/mol. The number of benzene rings is 3. The van der Waals surface area contributed by atoms with Crippen LogP contribution in [0, 0.1) is 0 Å². The molecule has 3 aromatic rings. The zero-order chi connectivity index (χ0) is 18.2. The standard InChI is InChI=1S/C24H26O2/c1-2-3-4-7-18-26-22-16-12-20(13-17-22)24-9-6-5-8-23(24)19-10-14-21(25)15-11-19/h5-6,8-17,25H,2-4,7,18H2,1H3. The highest BCUT2D eigenvalue weighted by molar-refractivity contribution is 5.83. The third kappa shape index (κ3) is 4.66. The third-order valence-corrected chi connectivity index (χ3v) is 4.54. The van der Waals surface area contributed by atoms with Crippen LogP contribution in [0.1, 0.15) is 32.6 Å². The lowest BCUT2D eigenvalue weighted by Gasteiger charge is -2.11. The Kier molecular flexibility index (Phi) is 6.32. The van der Waals surface area contributed by atoms with Crippen LogP contribution in [0.2, 0.25) is 0 Å². The molecule has 0 fully saturated rings. The molecule has 0 heterocycles. The van der Waals surface area contributed by atoms with Crippen LogP contribution in [-0.2, 0) is 0 Å². The molecule has 0 radical (unpaired) electrons. The van der Waals surface area contributed by atoms with Gasteiger partial charge >= 0.3 is 0 Å². The van der Waals surface area contributed by atoms with Gasteiger partial charge in [-0.05, 0) is 52.9 Å². The van der Waals surface area contributed by atoms with Gasteiger partial charge in [-0.3, -0.25) is 0 Å². The van der Waals surface area contributed by atoms with Gasteiger partial charge in [-0.1, -0.05) is 74.7 Å². The molecular formula is C24H26O2. The Balaban J connectivity index is 1.74. The SMILES string of the molecule is CCCCCCOc1ccc(-c2ccccc2-c2ccc(O)cc2)cc1. The number of rotatable bonds is 8. The summed E-state index contributed by atoms with van der Waals surface area (Å²) >= 11 is 0. The summed E-state index contributed by atoms with van der Waals surface area (Å²) in [6.07, 6.45) is 4.86. The number of unbranched alkanes of at least 4 members (excludes halogenated alkanes) is 3. The van der Waals surface area contributed by atoms with Gasteiger partial charge in [-0.2, -0.15) is 0 Å². The Labute approximate surface area is 156 Å². The molecule has 2 heteroatoms. The van der Waals surface area contributed by atoms with E-state index in [1.165, 1.54) is 24.8 Å². The van der Waals surface area contributed by atoms with Gasteiger partial charge in [0.25, 0.3) is 0 Å². The van der Waals surface area contributed by atoms with Gasteiger partial charge in [0.15, 0.2) is 0 Å². The van der Waals surface area contributed by atoms with Crippen molar-refractivity contribution in [2.24, 2.45) is 0 Å². The molecule has 1 N–H and O–H groups in total.